The van der Waals surface area contributed by atoms with E-state index in [-0.39, 0.29) is 12.5 Å². The Morgan fingerprint density at radius 3 is 2.44 bits per heavy atom. The summed E-state index contributed by atoms with van der Waals surface area (Å²) in [6, 6.07) is 11.3. The Morgan fingerprint density at radius 1 is 1.00 bits per heavy atom. The SMILES string of the molecule is CCCCCCOc1ccc(CC(CN)c2cc(F)ccc2F)cc1. The molecule has 0 radical (unpaired) electrons. The molecule has 0 spiro atoms. The number of ether oxygens (including phenoxy) is 1. The van der Waals surface area contributed by atoms with Gasteiger partial charge in [0.2, 0.25) is 0 Å². The summed E-state index contributed by atoms with van der Waals surface area (Å²) in [5.74, 6) is -0.274. The van der Waals surface area contributed by atoms with Gasteiger partial charge in [-0.05, 0) is 60.8 Å². The molecule has 2 aromatic carbocycles. The fourth-order valence-electron chi connectivity index (χ4n) is 2.87. The van der Waals surface area contributed by atoms with Gasteiger partial charge in [0.15, 0.2) is 0 Å². The van der Waals surface area contributed by atoms with E-state index >= 15 is 0 Å². The average Bonchev–Trinajstić information content (AvgIpc) is 2.63. The smallest absolute Gasteiger partial charge is 0.126 e. The van der Waals surface area contributed by atoms with Crippen molar-refractivity contribution in [3.8, 4) is 5.75 Å². The minimum absolute atomic E-state index is 0.253. The summed E-state index contributed by atoms with van der Waals surface area (Å²) < 4.78 is 33.1. The molecule has 0 saturated carbocycles. The first-order valence-electron chi connectivity index (χ1n) is 9.00. The summed E-state index contributed by atoms with van der Waals surface area (Å²) in [6.45, 7) is 3.17. The van der Waals surface area contributed by atoms with Crippen molar-refractivity contribution in [3.63, 3.8) is 0 Å². The molecule has 25 heavy (non-hydrogen) atoms. The van der Waals surface area contributed by atoms with Gasteiger partial charge in [-0.15, -0.1) is 0 Å². The highest BCUT2D eigenvalue weighted by Gasteiger charge is 2.16. The third-order valence-electron chi connectivity index (χ3n) is 4.35. The Bertz CT molecular complexity index is 643. The first-order valence-corrected chi connectivity index (χ1v) is 9.00. The van der Waals surface area contributed by atoms with Crippen molar-refractivity contribution in [2.75, 3.05) is 13.2 Å². The molecule has 0 heterocycles. The lowest BCUT2D eigenvalue weighted by Gasteiger charge is -2.16. The third kappa shape index (κ3) is 6.13. The van der Waals surface area contributed by atoms with Crippen LogP contribution < -0.4 is 10.5 Å². The molecule has 0 aliphatic carbocycles. The molecule has 0 aliphatic heterocycles. The normalized spacial score (nSPS) is 12.2. The molecule has 0 amide bonds. The van der Waals surface area contributed by atoms with E-state index in [1.165, 1.54) is 25.3 Å². The van der Waals surface area contributed by atoms with Crippen LogP contribution in [0.2, 0.25) is 0 Å². The Labute approximate surface area is 149 Å². The number of nitrogens with two attached hydrogens (primary N) is 1. The summed E-state index contributed by atoms with van der Waals surface area (Å²) in [4.78, 5) is 0. The predicted molar refractivity (Wildman–Crippen MR) is 97.9 cm³/mol. The lowest BCUT2D eigenvalue weighted by molar-refractivity contribution is 0.305. The summed E-state index contributed by atoms with van der Waals surface area (Å²) in [6.07, 6.45) is 5.26. The lowest BCUT2D eigenvalue weighted by atomic mass is 9.91. The third-order valence-corrected chi connectivity index (χ3v) is 4.35. The Morgan fingerprint density at radius 2 is 1.76 bits per heavy atom. The van der Waals surface area contributed by atoms with Crippen LogP contribution in [0.25, 0.3) is 0 Å². The van der Waals surface area contributed by atoms with Gasteiger partial charge in [-0.2, -0.15) is 0 Å². The van der Waals surface area contributed by atoms with Crippen LogP contribution in [-0.2, 0) is 6.42 Å². The van der Waals surface area contributed by atoms with Crippen molar-refractivity contribution in [2.45, 2.75) is 44.9 Å². The Hall–Kier alpha value is -1.94. The largest absolute Gasteiger partial charge is 0.494 e. The second kappa shape index (κ2) is 10.1. The summed E-state index contributed by atoms with van der Waals surface area (Å²) in [5.41, 5.74) is 7.15. The minimum Gasteiger partial charge on any atom is -0.494 e. The molecular formula is C21H27F2NO. The molecule has 0 fully saturated rings. The van der Waals surface area contributed by atoms with E-state index in [0.717, 1.165) is 36.5 Å². The zero-order valence-corrected chi connectivity index (χ0v) is 14.8. The second-order valence-corrected chi connectivity index (χ2v) is 6.36. The van der Waals surface area contributed by atoms with Crippen molar-refractivity contribution in [2.24, 2.45) is 5.73 Å². The van der Waals surface area contributed by atoms with Crippen LogP contribution in [0.1, 0.15) is 49.7 Å². The number of unbranched alkanes of at least 4 members (excludes halogenated alkanes) is 3. The van der Waals surface area contributed by atoms with E-state index in [4.69, 9.17) is 10.5 Å². The van der Waals surface area contributed by atoms with Crippen LogP contribution in [0.15, 0.2) is 42.5 Å². The average molecular weight is 347 g/mol. The summed E-state index contributed by atoms with van der Waals surface area (Å²) in [7, 11) is 0. The highest BCUT2D eigenvalue weighted by atomic mass is 19.1. The van der Waals surface area contributed by atoms with E-state index in [2.05, 4.69) is 6.92 Å². The molecule has 2 nitrogen and oxygen atoms in total. The van der Waals surface area contributed by atoms with E-state index in [9.17, 15) is 8.78 Å². The van der Waals surface area contributed by atoms with Gasteiger partial charge in [-0.3, -0.25) is 0 Å². The number of hydrogen-bond acceptors (Lipinski definition) is 2. The van der Waals surface area contributed by atoms with Crippen molar-refractivity contribution in [3.05, 3.63) is 65.2 Å². The maximum absolute atomic E-state index is 14.0. The summed E-state index contributed by atoms with van der Waals surface area (Å²) >= 11 is 0. The second-order valence-electron chi connectivity index (χ2n) is 6.36. The van der Waals surface area contributed by atoms with Gasteiger partial charge in [0.25, 0.3) is 0 Å². The minimum atomic E-state index is -0.443. The van der Waals surface area contributed by atoms with Gasteiger partial charge in [-0.1, -0.05) is 38.3 Å². The van der Waals surface area contributed by atoms with Crippen LogP contribution >= 0.6 is 0 Å². The number of rotatable bonds is 10. The van der Waals surface area contributed by atoms with Crippen molar-refractivity contribution < 1.29 is 13.5 Å². The molecule has 1 atom stereocenters. The molecular weight excluding hydrogens is 320 g/mol. The molecule has 2 rings (SSSR count). The topological polar surface area (TPSA) is 35.2 Å². The molecule has 2 aromatic rings. The van der Waals surface area contributed by atoms with Crippen molar-refractivity contribution in [1.29, 1.82) is 0 Å². The first-order chi connectivity index (χ1) is 12.1. The predicted octanol–water partition coefficient (Wildman–Crippen LogP) is 5.21. The highest BCUT2D eigenvalue weighted by molar-refractivity contribution is 5.30. The number of hydrogen-bond donors (Lipinski definition) is 1. The molecule has 0 bridgehead atoms. The quantitative estimate of drug-likeness (QED) is 0.599. The molecule has 2 N–H and O–H groups in total. The van der Waals surface area contributed by atoms with Crippen LogP contribution in [0.5, 0.6) is 5.75 Å². The van der Waals surface area contributed by atoms with E-state index < -0.39 is 11.6 Å². The van der Waals surface area contributed by atoms with Crippen LogP contribution in [0.4, 0.5) is 8.78 Å². The Kier molecular flexibility index (Phi) is 7.86. The summed E-state index contributed by atoms with van der Waals surface area (Å²) in [5, 5.41) is 0. The fraction of sp³-hybridized carbons (Fsp3) is 0.429. The first kappa shape index (κ1) is 19.4. The van der Waals surface area contributed by atoms with Gasteiger partial charge < -0.3 is 10.5 Å². The molecule has 136 valence electrons. The van der Waals surface area contributed by atoms with Crippen molar-refractivity contribution in [1.82, 2.24) is 0 Å². The van der Waals surface area contributed by atoms with Crippen LogP contribution in [0.3, 0.4) is 0 Å². The lowest BCUT2D eigenvalue weighted by Crippen LogP contribution is -2.16. The number of benzene rings is 2. The molecule has 1 unspecified atom stereocenters. The van der Waals surface area contributed by atoms with Gasteiger partial charge in [0.1, 0.15) is 17.4 Å². The monoisotopic (exact) mass is 347 g/mol. The van der Waals surface area contributed by atoms with Gasteiger partial charge in [-0.25, -0.2) is 8.78 Å². The standard InChI is InChI=1S/C21H27F2NO/c1-2-3-4-5-12-25-19-9-6-16(7-10-19)13-17(15-24)20-14-18(22)8-11-21(20)23/h6-11,14,17H,2-5,12-13,15,24H2,1H3. The van der Waals surface area contributed by atoms with E-state index in [1.54, 1.807) is 0 Å². The molecule has 0 saturated heterocycles. The van der Waals surface area contributed by atoms with E-state index in [1.807, 2.05) is 24.3 Å². The zero-order chi connectivity index (χ0) is 18.1. The maximum Gasteiger partial charge on any atom is 0.126 e. The fourth-order valence-corrected chi connectivity index (χ4v) is 2.87. The van der Waals surface area contributed by atoms with Crippen molar-refractivity contribution >= 4 is 0 Å². The van der Waals surface area contributed by atoms with Crippen LogP contribution in [0, 0.1) is 11.6 Å². The molecule has 4 heteroatoms. The van der Waals surface area contributed by atoms with E-state index in [0.29, 0.717) is 12.0 Å². The van der Waals surface area contributed by atoms with Crippen LogP contribution in [-0.4, -0.2) is 13.2 Å². The van der Waals surface area contributed by atoms with Gasteiger partial charge in [0.05, 0.1) is 6.61 Å². The Balaban J connectivity index is 1.93. The molecule has 0 aromatic heterocycles. The van der Waals surface area contributed by atoms with Gasteiger partial charge >= 0.3 is 0 Å². The zero-order valence-electron chi connectivity index (χ0n) is 14.8. The van der Waals surface area contributed by atoms with Gasteiger partial charge in [0, 0.05) is 5.92 Å². The highest BCUT2D eigenvalue weighted by Crippen LogP contribution is 2.24. The number of halogens is 2. The molecule has 0 aliphatic rings. The maximum atomic E-state index is 14.0.